The van der Waals surface area contributed by atoms with Crippen LogP contribution in [0.25, 0.3) is 0 Å². The SMILES string of the molecule is CCN(CC)C1=NC(=O)[C@H](CC(=O)Nc2ccccc2)S1. The van der Waals surface area contributed by atoms with Crippen LogP contribution in [0.1, 0.15) is 20.3 Å². The van der Waals surface area contributed by atoms with Gasteiger partial charge in [0.25, 0.3) is 5.91 Å². The molecule has 1 atom stereocenters. The number of nitrogens with one attached hydrogen (secondary N) is 1. The first-order chi connectivity index (χ1) is 10.1. The van der Waals surface area contributed by atoms with Crippen LogP contribution in [0.3, 0.4) is 0 Å². The molecule has 0 radical (unpaired) electrons. The fourth-order valence-corrected chi connectivity index (χ4v) is 3.23. The Labute approximate surface area is 128 Å². The van der Waals surface area contributed by atoms with Crippen molar-refractivity contribution in [1.82, 2.24) is 4.90 Å². The molecule has 5 nitrogen and oxygen atoms in total. The number of aliphatic imine (C=N–C) groups is 1. The average molecular weight is 305 g/mol. The smallest absolute Gasteiger partial charge is 0.262 e. The number of thioether (sulfide) groups is 1. The highest BCUT2D eigenvalue weighted by Gasteiger charge is 2.32. The summed E-state index contributed by atoms with van der Waals surface area (Å²) in [5.41, 5.74) is 0.739. The Balaban J connectivity index is 1.90. The van der Waals surface area contributed by atoms with Crippen molar-refractivity contribution in [3.05, 3.63) is 30.3 Å². The molecule has 1 aromatic rings. The molecule has 6 heteroatoms. The van der Waals surface area contributed by atoms with Gasteiger partial charge in [-0.3, -0.25) is 9.59 Å². The second-order valence-corrected chi connectivity index (χ2v) is 5.80. The summed E-state index contributed by atoms with van der Waals surface area (Å²) in [6, 6.07) is 9.23. The highest BCUT2D eigenvalue weighted by Crippen LogP contribution is 2.27. The van der Waals surface area contributed by atoms with Gasteiger partial charge in [0.1, 0.15) is 5.25 Å². The van der Waals surface area contributed by atoms with Gasteiger partial charge >= 0.3 is 0 Å². The van der Waals surface area contributed by atoms with Gasteiger partial charge in [-0.2, -0.15) is 4.99 Å². The number of amides is 2. The lowest BCUT2D eigenvalue weighted by molar-refractivity contribution is -0.121. The molecule has 2 rings (SSSR count). The van der Waals surface area contributed by atoms with E-state index in [1.54, 1.807) is 0 Å². The van der Waals surface area contributed by atoms with Crippen molar-refractivity contribution in [2.24, 2.45) is 4.99 Å². The predicted octanol–water partition coefficient (Wildman–Crippen LogP) is 2.35. The van der Waals surface area contributed by atoms with E-state index in [1.807, 2.05) is 49.1 Å². The maximum Gasteiger partial charge on any atom is 0.262 e. The molecule has 0 spiro atoms. The van der Waals surface area contributed by atoms with E-state index in [2.05, 4.69) is 10.3 Å². The molecule has 0 aliphatic carbocycles. The molecule has 0 aromatic heterocycles. The number of hydrogen-bond donors (Lipinski definition) is 1. The summed E-state index contributed by atoms with van der Waals surface area (Å²) in [4.78, 5) is 30.0. The minimum atomic E-state index is -0.413. The van der Waals surface area contributed by atoms with Gasteiger partial charge in [0.05, 0.1) is 0 Å². The van der Waals surface area contributed by atoms with Gasteiger partial charge in [-0.05, 0) is 26.0 Å². The molecule has 1 N–H and O–H groups in total. The second-order valence-electron chi connectivity index (χ2n) is 4.63. The third kappa shape index (κ3) is 4.07. The van der Waals surface area contributed by atoms with E-state index in [-0.39, 0.29) is 18.2 Å². The number of rotatable bonds is 5. The molecule has 1 heterocycles. The van der Waals surface area contributed by atoms with E-state index < -0.39 is 5.25 Å². The van der Waals surface area contributed by atoms with Gasteiger partial charge in [-0.25, -0.2) is 0 Å². The molecule has 0 saturated heterocycles. The van der Waals surface area contributed by atoms with E-state index in [4.69, 9.17) is 0 Å². The van der Waals surface area contributed by atoms with Crippen LogP contribution in [0, 0.1) is 0 Å². The molecular formula is C15H19N3O2S. The molecular weight excluding hydrogens is 286 g/mol. The quantitative estimate of drug-likeness (QED) is 0.907. The Kier molecular flexibility index (Phi) is 5.38. The van der Waals surface area contributed by atoms with Crippen LogP contribution in [0.15, 0.2) is 35.3 Å². The minimum Gasteiger partial charge on any atom is -0.352 e. The number of benzene rings is 1. The van der Waals surface area contributed by atoms with Gasteiger partial charge in [0, 0.05) is 25.2 Å². The van der Waals surface area contributed by atoms with Gasteiger partial charge in [-0.15, -0.1) is 0 Å². The molecule has 21 heavy (non-hydrogen) atoms. The van der Waals surface area contributed by atoms with Crippen LogP contribution in [-0.2, 0) is 9.59 Å². The summed E-state index contributed by atoms with van der Waals surface area (Å²) >= 11 is 1.38. The van der Waals surface area contributed by atoms with Crippen LogP contribution in [0.4, 0.5) is 5.69 Å². The number of nitrogens with zero attached hydrogens (tertiary/aromatic N) is 2. The first kappa shape index (κ1) is 15.6. The highest BCUT2D eigenvalue weighted by molar-refractivity contribution is 8.15. The number of carbonyl (C=O) groups is 2. The Morgan fingerprint density at radius 2 is 1.95 bits per heavy atom. The normalized spacial score (nSPS) is 17.5. The zero-order valence-corrected chi connectivity index (χ0v) is 13.0. The molecule has 0 unspecified atom stereocenters. The van der Waals surface area contributed by atoms with Crippen molar-refractivity contribution in [3.8, 4) is 0 Å². The Hall–Kier alpha value is -1.82. The molecule has 0 fully saturated rings. The topological polar surface area (TPSA) is 61.8 Å². The van der Waals surface area contributed by atoms with Gasteiger partial charge in [0.2, 0.25) is 5.91 Å². The van der Waals surface area contributed by atoms with Crippen LogP contribution in [-0.4, -0.2) is 40.2 Å². The lowest BCUT2D eigenvalue weighted by atomic mass is 10.2. The van der Waals surface area contributed by atoms with E-state index in [1.165, 1.54) is 11.8 Å². The number of anilines is 1. The fraction of sp³-hybridized carbons (Fsp3) is 0.400. The Morgan fingerprint density at radius 1 is 1.29 bits per heavy atom. The van der Waals surface area contributed by atoms with Crippen molar-refractivity contribution in [3.63, 3.8) is 0 Å². The van der Waals surface area contributed by atoms with E-state index >= 15 is 0 Å². The maximum absolute atomic E-state index is 12.0. The summed E-state index contributed by atoms with van der Waals surface area (Å²) in [5, 5.41) is 3.10. The molecule has 0 saturated carbocycles. The number of amidine groups is 1. The second kappa shape index (κ2) is 7.26. The van der Waals surface area contributed by atoms with Crippen LogP contribution < -0.4 is 5.32 Å². The van der Waals surface area contributed by atoms with Gasteiger partial charge in [0.15, 0.2) is 5.17 Å². The Morgan fingerprint density at radius 3 is 2.57 bits per heavy atom. The average Bonchev–Trinajstić information content (AvgIpc) is 2.82. The first-order valence-corrected chi connectivity index (χ1v) is 7.91. The summed E-state index contributed by atoms with van der Waals surface area (Å²) in [6.07, 6.45) is 0.145. The molecule has 112 valence electrons. The lowest BCUT2D eigenvalue weighted by Crippen LogP contribution is -2.27. The van der Waals surface area contributed by atoms with E-state index in [0.29, 0.717) is 0 Å². The Bertz CT molecular complexity index is 541. The van der Waals surface area contributed by atoms with Crippen molar-refractivity contribution < 1.29 is 9.59 Å². The van der Waals surface area contributed by atoms with Gasteiger partial charge in [-0.1, -0.05) is 30.0 Å². The van der Waals surface area contributed by atoms with Crippen LogP contribution in [0.2, 0.25) is 0 Å². The van der Waals surface area contributed by atoms with E-state index in [0.717, 1.165) is 23.9 Å². The monoisotopic (exact) mass is 305 g/mol. The standard InChI is InChI=1S/C15H19N3O2S/c1-3-18(4-2)15-17-14(20)12(21-15)10-13(19)16-11-8-6-5-7-9-11/h5-9,12H,3-4,10H2,1-2H3,(H,16,19)/t12-/m0/s1. The zero-order chi connectivity index (χ0) is 15.2. The summed E-state index contributed by atoms with van der Waals surface area (Å²) in [7, 11) is 0. The number of carbonyl (C=O) groups excluding carboxylic acids is 2. The molecule has 1 aliphatic heterocycles. The number of para-hydroxylation sites is 1. The molecule has 1 aromatic carbocycles. The third-order valence-electron chi connectivity index (χ3n) is 3.19. The van der Waals surface area contributed by atoms with E-state index in [9.17, 15) is 9.59 Å². The first-order valence-electron chi connectivity index (χ1n) is 7.03. The summed E-state index contributed by atoms with van der Waals surface area (Å²) in [6.45, 7) is 5.65. The summed E-state index contributed by atoms with van der Waals surface area (Å²) in [5.74, 6) is -0.381. The lowest BCUT2D eigenvalue weighted by Gasteiger charge is -2.19. The van der Waals surface area contributed by atoms with Crippen LogP contribution in [0.5, 0.6) is 0 Å². The molecule has 1 aliphatic rings. The predicted molar refractivity (Wildman–Crippen MR) is 86.4 cm³/mol. The molecule has 0 bridgehead atoms. The highest BCUT2D eigenvalue weighted by atomic mass is 32.2. The van der Waals surface area contributed by atoms with Crippen molar-refractivity contribution in [2.45, 2.75) is 25.5 Å². The number of hydrogen-bond acceptors (Lipinski definition) is 4. The third-order valence-corrected chi connectivity index (χ3v) is 4.40. The maximum atomic E-state index is 12.0. The van der Waals surface area contributed by atoms with Crippen molar-refractivity contribution in [1.29, 1.82) is 0 Å². The van der Waals surface area contributed by atoms with Gasteiger partial charge < -0.3 is 10.2 Å². The van der Waals surface area contributed by atoms with Crippen molar-refractivity contribution in [2.75, 3.05) is 18.4 Å². The fourth-order valence-electron chi connectivity index (χ4n) is 2.04. The minimum absolute atomic E-state index is 0.145. The molecule has 2 amide bonds. The zero-order valence-electron chi connectivity index (χ0n) is 12.2. The van der Waals surface area contributed by atoms with Crippen LogP contribution >= 0.6 is 11.8 Å². The largest absolute Gasteiger partial charge is 0.352 e. The van der Waals surface area contributed by atoms with Crippen molar-refractivity contribution >= 4 is 34.4 Å². The summed E-state index contributed by atoms with van der Waals surface area (Å²) < 4.78 is 0.